The van der Waals surface area contributed by atoms with Crippen LogP contribution in [0.15, 0.2) is 85.1 Å². The molecule has 0 aromatic heterocycles. The van der Waals surface area contributed by atoms with Crippen LogP contribution in [0.1, 0.15) is 367 Å². The monoisotopic (exact) mass is 1260 g/mol. The molecule has 0 radical (unpaired) electrons. The Balaban J connectivity index is 2.07. The van der Waals surface area contributed by atoms with E-state index in [0.717, 1.165) is 70.6 Å². The van der Waals surface area contributed by atoms with Gasteiger partial charge >= 0.3 is 0 Å². The molecule has 1 fully saturated rings. The van der Waals surface area contributed by atoms with Crippen molar-refractivity contribution in [2.24, 2.45) is 0 Å². The molecule has 0 bridgehead atoms. The number of carbonyl (C=O) groups is 1. The highest BCUT2D eigenvalue weighted by molar-refractivity contribution is 5.76. The van der Waals surface area contributed by atoms with Gasteiger partial charge < -0.3 is 40.3 Å². The number of nitrogens with one attached hydrogen (secondary N) is 1. The number of hydrogen-bond donors (Lipinski definition) is 6. The number of amides is 1. The SMILES string of the molecule is CC/C=C\C/C=C\C/C=C\C/C=C\C/C=C\CCCCCCCCCCCCCCCCCCCCCCCCCCCC(=O)NC(COC1OC(CO)C(O)C(O)C1O)C(O)/C=C/CC/C=C/CCCCCCCCCCCCCCCCCCCCCC. The maximum Gasteiger partial charge on any atom is 0.220 e. The van der Waals surface area contributed by atoms with Crippen molar-refractivity contribution < 1.29 is 39.8 Å². The van der Waals surface area contributed by atoms with Crippen LogP contribution in [0.4, 0.5) is 0 Å². The molecule has 90 heavy (non-hydrogen) atoms. The maximum absolute atomic E-state index is 13.2. The van der Waals surface area contributed by atoms with Crippen molar-refractivity contribution in [3.05, 3.63) is 85.1 Å². The Morgan fingerprint density at radius 3 is 1.07 bits per heavy atom. The van der Waals surface area contributed by atoms with Crippen LogP contribution in [0.3, 0.4) is 0 Å². The summed E-state index contributed by atoms with van der Waals surface area (Å²) in [6, 6.07) is -0.825. The Hall–Kier alpha value is -2.63. The second-order valence-electron chi connectivity index (χ2n) is 26.8. The Kier molecular flexibility index (Phi) is 65.7. The summed E-state index contributed by atoms with van der Waals surface area (Å²) in [4.78, 5) is 13.2. The van der Waals surface area contributed by atoms with Gasteiger partial charge in [0.05, 0.1) is 25.4 Å². The number of rotatable bonds is 68. The van der Waals surface area contributed by atoms with Crippen LogP contribution in [0, 0.1) is 0 Å². The average molecular weight is 1260 g/mol. The molecule has 0 aromatic rings. The van der Waals surface area contributed by atoms with Crippen molar-refractivity contribution in [1.82, 2.24) is 5.32 Å². The summed E-state index contributed by atoms with van der Waals surface area (Å²) in [5.74, 6) is -0.180. The van der Waals surface area contributed by atoms with Crippen molar-refractivity contribution in [2.45, 2.75) is 410 Å². The van der Waals surface area contributed by atoms with Crippen molar-refractivity contribution in [1.29, 1.82) is 0 Å². The number of carbonyl (C=O) groups excluding carboxylic acids is 1. The summed E-state index contributed by atoms with van der Waals surface area (Å²) in [6.45, 7) is 3.70. The standard InChI is InChI=1S/C81H147NO8/c1-3-5-7-9-11-13-15-17-19-21-23-25-27-29-31-32-33-34-35-36-37-38-39-40-41-42-43-44-45-47-49-51-53-55-57-59-61-63-65-67-69-71-77(85)82-74(73-89-81-80(88)79(87)78(86)76(72-83)90-81)75(84)70-68-66-64-62-60-58-56-54-52-50-48-46-30-28-26-24-22-20-18-16-14-12-10-8-6-4-2/h5,7,11,13,17,19,23,25,29,31,60,62,68,70,74-76,78-81,83-84,86-88H,3-4,6,8-10,12,14-16,18,20-22,24,26-28,30,32-59,61,63-67,69,71-73H2,1-2H3,(H,82,85)/b7-5-,13-11-,19-17-,25-23-,31-29-,62-60+,70-68+. The molecule has 7 atom stereocenters. The van der Waals surface area contributed by atoms with Gasteiger partial charge in [0.2, 0.25) is 5.91 Å². The highest BCUT2D eigenvalue weighted by atomic mass is 16.7. The molecule has 524 valence electrons. The third kappa shape index (κ3) is 56.9. The second kappa shape index (κ2) is 69.2. The van der Waals surface area contributed by atoms with E-state index in [2.05, 4.69) is 92.1 Å². The van der Waals surface area contributed by atoms with E-state index in [-0.39, 0.29) is 12.5 Å². The first-order valence-corrected chi connectivity index (χ1v) is 38.8. The van der Waals surface area contributed by atoms with E-state index in [0.29, 0.717) is 6.42 Å². The molecule has 1 saturated heterocycles. The minimum atomic E-state index is -1.57. The predicted octanol–water partition coefficient (Wildman–Crippen LogP) is 22.0. The minimum absolute atomic E-state index is 0.180. The zero-order valence-electron chi connectivity index (χ0n) is 58.9. The van der Waals surface area contributed by atoms with Gasteiger partial charge in [-0.05, 0) is 77.0 Å². The van der Waals surface area contributed by atoms with E-state index in [4.69, 9.17) is 9.47 Å². The lowest BCUT2D eigenvalue weighted by Gasteiger charge is -2.40. The van der Waals surface area contributed by atoms with Crippen LogP contribution in [0.2, 0.25) is 0 Å². The van der Waals surface area contributed by atoms with E-state index >= 15 is 0 Å². The first-order valence-electron chi connectivity index (χ1n) is 38.8. The first kappa shape index (κ1) is 85.4. The lowest BCUT2D eigenvalue weighted by molar-refractivity contribution is -0.302. The fourth-order valence-corrected chi connectivity index (χ4v) is 12.2. The fourth-order valence-electron chi connectivity index (χ4n) is 12.2. The first-order chi connectivity index (χ1) is 44.3. The van der Waals surface area contributed by atoms with Crippen LogP contribution >= 0.6 is 0 Å². The summed E-state index contributed by atoms with van der Waals surface area (Å²) in [6.07, 6.45) is 93.0. The molecule has 0 saturated carbocycles. The zero-order chi connectivity index (χ0) is 64.9. The number of ether oxygens (including phenoxy) is 2. The number of hydrogen-bond acceptors (Lipinski definition) is 8. The quantitative estimate of drug-likeness (QED) is 0.0261. The van der Waals surface area contributed by atoms with Gasteiger partial charge in [-0.25, -0.2) is 0 Å². The van der Waals surface area contributed by atoms with Crippen LogP contribution in [0.25, 0.3) is 0 Å². The lowest BCUT2D eigenvalue weighted by atomic mass is 9.99. The normalized spacial score (nSPS) is 18.2. The average Bonchev–Trinajstić information content (AvgIpc) is 1.28. The highest BCUT2D eigenvalue weighted by Gasteiger charge is 2.44. The molecule has 1 heterocycles. The molecule has 7 unspecified atom stereocenters. The zero-order valence-corrected chi connectivity index (χ0v) is 58.9. The van der Waals surface area contributed by atoms with Gasteiger partial charge in [0.25, 0.3) is 0 Å². The van der Waals surface area contributed by atoms with E-state index in [1.807, 2.05) is 6.08 Å². The summed E-state index contributed by atoms with van der Waals surface area (Å²) in [5, 5.41) is 54.8. The molecule has 0 spiro atoms. The van der Waals surface area contributed by atoms with Crippen LogP contribution in [-0.2, 0) is 14.3 Å². The number of allylic oxidation sites excluding steroid dienone is 13. The minimum Gasteiger partial charge on any atom is -0.394 e. The smallest absolute Gasteiger partial charge is 0.220 e. The molecule has 6 N–H and O–H groups in total. The number of aliphatic hydroxyl groups excluding tert-OH is 5. The van der Waals surface area contributed by atoms with Gasteiger partial charge in [0.1, 0.15) is 24.4 Å². The third-order valence-electron chi connectivity index (χ3n) is 18.2. The Morgan fingerprint density at radius 2 is 0.700 bits per heavy atom. The molecule has 9 heteroatoms. The Bertz CT molecular complexity index is 1700. The number of unbranched alkanes of at least 4 members (excludes halogenated alkanes) is 46. The van der Waals surface area contributed by atoms with E-state index < -0.39 is 49.5 Å². The van der Waals surface area contributed by atoms with Crippen molar-refractivity contribution >= 4 is 5.91 Å². The predicted molar refractivity (Wildman–Crippen MR) is 387 cm³/mol. The Labute approximate surface area is 556 Å². The van der Waals surface area contributed by atoms with Gasteiger partial charge in [-0.2, -0.15) is 0 Å². The molecular weight excluding hydrogens is 1110 g/mol. The van der Waals surface area contributed by atoms with Crippen molar-refractivity contribution in [3.63, 3.8) is 0 Å². The molecule has 0 aromatic carbocycles. The van der Waals surface area contributed by atoms with Gasteiger partial charge in [0, 0.05) is 6.42 Å². The summed E-state index contributed by atoms with van der Waals surface area (Å²) >= 11 is 0. The fraction of sp³-hybridized carbons (Fsp3) is 0.815. The summed E-state index contributed by atoms with van der Waals surface area (Å²) < 4.78 is 11.3. The molecule has 1 amide bonds. The molecule has 1 aliphatic heterocycles. The Morgan fingerprint density at radius 1 is 0.389 bits per heavy atom. The van der Waals surface area contributed by atoms with E-state index in [1.54, 1.807) is 6.08 Å². The highest BCUT2D eigenvalue weighted by Crippen LogP contribution is 2.24. The molecule has 0 aliphatic carbocycles. The summed E-state index contributed by atoms with van der Waals surface area (Å²) in [7, 11) is 0. The lowest BCUT2D eigenvalue weighted by Crippen LogP contribution is -2.60. The van der Waals surface area contributed by atoms with E-state index in [1.165, 1.54) is 276 Å². The largest absolute Gasteiger partial charge is 0.394 e. The maximum atomic E-state index is 13.2. The van der Waals surface area contributed by atoms with Crippen LogP contribution in [0.5, 0.6) is 0 Å². The van der Waals surface area contributed by atoms with E-state index in [9.17, 15) is 30.3 Å². The second-order valence-corrected chi connectivity index (χ2v) is 26.8. The van der Waals surface area contributed by atoms with Gasteiger partial charge in [-0.1, -0.05) is 369 Å². The van der Waals surface area contributed by atoms with Gasteiger partial charge in [0.15, 0.2) is 6.29 Å². The number of aliphatic hydroxyl groups is 5. The van der Waals surface area contributed by atoms with Crippen LogP contribution < -0.4 is 5.32 Å². The van der Waals surface area contributed by atoms with Crippen LogP contribution in [-0.4, -0.2) is 87.5 Å². The molecular formula is C81H147NO8. The van der Waals surface area contributed by atoms with Crippen molar-refractivity contribution in [3.8, 4) is 0 Å². The molecule has 1 aliphatic rings. The molecule has 1 rings (SSSR count). The van der Waals surface area contributed by atoms with Gasteiger partial charge in [-0.3, -0.25) is 4.79 Å². The van der Waals surface area contributed by atoms with Crippen molar-refractivity contribution in [2.75, 3.05) is 13.2 Å². The topological polar surface area (TPSA) is 149 Å². The summed E-state index contributed by atoms with van der Waals surface area (Å²) in [5.41, 5.74) is 0. The van der Waals surface area contributed by atoms with Gasteiger partial charge in [-0.15, -0.1) is 0 Å². The molecule has 9 nitrogen and oxygen atoms in total. The third-order valence-corrected chi connectivity index (χ3v) is 18.2.